The van der Waals surface area contributed by atoms with Crippen LogP contribution >= 0.6 is 0 Å². The molecule has 1 aliphatic heterocycles. The van der Waals surface area contributed by atoms with Gasteiger partial charge in [0.1, 0.15) is 0 Å². The van der Waals surface area contributed by atoms with Crippen molar-refractivity contribution in [1.29, 1.82) is 0 Å². The van der Waals surface area contributed by atoms with Crippen LogP contribution in [0.5, 0.6) is 17.2 Å². The van der Waals surface area contributed by atoms with Crippen molar-refractivity contribution in [3.63, 3.8) is 0 Å². The number of hydrogen-bond acceptors (Lipinski definition) is 9. The van der Waals surface area contributed by atoms with Crippen LogP contribution in [0.1, 0.15) is 43.4 Å². The lowest BCUT2D eigenvalue weighted by Gasteiger charge is -2.26. The van der Waals surface area contributed by atoms with Crippen LogP contribution in [0, 0.1) is 0 Å². The van der Waals surface area contributed by atoms with E-state index in [9.17, 15) is 14.4 Å². The maximum atomic E-state index is 13.4. The molecule has 0 aromatic heterocycles. The Kier molecular flexibility index (Phi) is 11.0. The van der Waals surface area contributed by atoms with E-state index in [2.05, 4.69) is 20.9 Å². The molecule has 0 unspecified atom stereocenters. The fraction of sp³-hybridized carbons (Fsp3) is 0.516. The van der Waals surface area contributed by atoms with Crippen molar-refractivity contribution in [3.8, 4) is 28.4 Å². The lowest BCUT2D eigenvalue weighted by molar-refractivity contribution is -0.121. The third kappa shape index (κ3) is 7.51. The van der Waals surface area contributed by atoms with Crippen LogP contribution in [0.25, 0.3) is 11.1 Å². The van der Waals surface area contributed by atoms with Gasteiger partial charge in [-0.15, -0.1) is 0 Å². The number of benzene rings is 1. The van der Waals surface area contributed by atoms with Gasteiger partial charge in [0.15, 0.2) is 11.5 Å². The first kappa shape index (κ1) is 31.1. The van der Waals surface area contributed by atoms with E-state index in [-0.39, 0.29) is 23.3 Å². The monoisotopic (exact) mass is 582 g/mol. The van der Waals surface area contributed by atoms with Gasteiger partial charge in [0, 0.05) is 51.6 Å². The molecule has 1 saturated heterocycles. The Balaban J connectivity index is 1.52. The molecule has 42 heavy (non-hydrogen) atoms. The molecule has 1 aliphatic carbocycles. The van der Waals surface area contributed by atoms with Gasteiger partial charge in [-0.25, -0.2) is 0 Å². The lowest BCUT2D eigenvalue weighted by atomic mass is 9.95. The summed E-state index contributed by atoms with van der Waals surface area (Å²) in [6.45, 7) is 6.59. The summed E-state index contributed by atoms with van der Waals surface area (Å²) in [5, 5.41) is 9.19. The molecule has 3 N–H and O–H groups in total. The number of morpholine rings is 1. The number of ether oxygens (including phenoxy) is 4. The molecule has 1 atom stereocenters. The summed E-state index contributed by atoms with van der Waals surface area (Å²) in [5.41, 5.74) is 3.44. The molecule has 2 amide bonds. The molecule has 228 valence electrons. The van der Waals surface area contributed by atoms with Gasteiger partial charge in [0.2, 0.25) is 23.0 Å². The maximum absolute atomic E-state index is 13.4. The van der Waals surface area contributed by atoms with E-state index in [0.717, 1.165) is 49.5 Å². The van der Waals surface area contributed by atoms with Gasteiger partial charge in [-0.05, 0) is 54.2 Å². The highest BCUT2D eigenvalue weighted by molar-refractivity contribution is 5.83. The predicted molar refractivity (Wildman–Crippen MR) is 161 cm³/mol. The SMILES string of the molecule is COc1cc2c(c(OC)c1OC)-c1ccc(NCCCC(=O)NCCN3CCOCC3)c(=O)cc1[C@@H](NC(C)=O)CC2. The number of carbonyl (C=O) groups excluding carboxylic acids is 2. The summed E-state index contributed by atoms with van der Waals surface area (Å²) in [5.74, 6) is 1.32. The van der Waals surface area contributed by atoms with Gasteiger partial charge in [-0.2, -0.15) is 0 Å². The van der Waals surface area contributed by atoms with Crippen LogP contribution in [0.2, 0.25) is 0 Å². The highest BCUT2D eigenvalue weighted by atomic mass is 16.5. The average Bonchev–Trinajstić information content (AvgIpc) is 3.23. The molecular weight excluding hydrogens is 540 g/mol. The summed E-state index contributed by atoms with van der Waals surface area (Å²) < 4.78 is 22.4. The van der Waals surface area contributed by atoms with Crippen LogP contribution in [0.3, 0.4) is 0 Å². The molecule has 1 heterocycles. The topological polar surface area (TPSA) is 127 Å². The van der Waals surface area contributed by atoms with E-state index < -0.39 is 0 Å². The molecule has 2 aromatic rings. The number of carbonyl (C=O) groups is 2. The van der Waals surface area contributed by atoms with Gasteiger partial charge in [-0.1, -0.05) is 6.07 Å². The first-order valence-corrected chi connectivity index (χ1v) is 14.4. The number of amides is 2. The van der Waals surface area contributed by atoms with Crippen molar-refractivity contribution in [2.75, 3.05) is 72.6 Å². The van der Waals surface area contributed by atoms with Crippen LogP contribution in [-0.4, -0.2) is 84.0 Å². The van der Waals surface area contributed by atoms with Crippen molar-refractivity contribution in [3.05, 3.63) is 45.6 Å². The minimum Gasteiger partial charge on any atom is -0.493 e. The number of fused-ring (bicyclic) bond motifs is 3. The Morgan fingerprint density at radius 2 is 1.79 bits per heavy atom. The van der Waals surface area contributed by atoms with Gasteiger partial charge in [-0.3, -0.25) is 19.3 Å². The summed E-state index contributed by atoms with van der Waals surface area (Å²) in [6.07, 6.45) is 2.15. The minimum atomic E-state index is -0.374. The zero-order valence-corrected chi connectivity index (χ0v) is 25.0. The molecule has 0 saturated carbocycles. The quantitative estimate of drug-likeness (QED) is 0.324. The molecule has 2 aliphatic rings. The van der Waals surface area contributed by atoms with Gasteiger partial charge in [0.25, 0.3) is 0 Å². The molecule has 0 bridgehead atoms. The van der Waals surface area contributed by atoms with Gasteiger partial charge in [0.05, 0.1) is 46.3 Å². The highest BCUT2D eigenvalue weighted by Gasteiger charge is 2.29. The highest BCUT2D eigenvalue weighted by Crippen LogP contribution is 2.50. The molecule has 11 nitrogen and oxygen atoms in total. The van der Waals surface area contributed by atoms with Crippen molar-refractivity contribution < 1.29 is 28.5 Å². The fourth-order valence-corrected chi connectivity index (χ4v) is 5.59. The van der Waals surface area contributed by atoms with E-state index in [1.807, 2.05) is 12.1 Å². The Morgan fingerprint density at radius 1 is 1.02 bits per heavy atom. The predicted octanol–water partition coefficient (Wildman–Crippen LogP) is 2.50. The first-order valence-electron chi connectivity index (χ1n) is 14.4. The number of nitrogens with zero attached hydrogens (tertiary/aromatic N) is 1. The van der Waals surface area contributed by atoms with Crippen molar-refractivity contribution >= 4 is 17.5 Å². The second-order valence-corrected chi connectivity index (χ2v) is 10.4. The molecule has 11 heteroatoms. The lowest BCUT2D eigenvalue weighted by Crippen LogP contribution is -2.41. The Bertz CT molecular complexity index is 1330. The third-order valence-electron chi connectivity index (χ3n) is 7.67. The van der Waals surface area contributed by atoms with Crippen molar-refractivity contribution in [2.45, 2.75) is 38.6 Å². The summed E-state index contributed by atoms with van der Waals surface area (Å²) in [7, 11) is 4.70. The smallest absolute Gasteiger partial charge is 0.220 e. The number of hydrogen-bond donors (Lipinski definition) is 3. The van der Waals surface area contributed by atoms with Gasteiger partial charge < -0.3 is 34.9 Å². The molecule has 1 fully saturated rings. The van der Waals surface area contributed by atoms with Crippen LogP contribution in [0.15, 0.2) is 29.1 Å². The molecule has 0 spiro atoms. The number of rotatable bonds is 12. The third-order valence-corrected chi connectivity index (χ3v) is 7.67. The van der Waals surface area contributed by atoms with E-state index in [0.29, 0.717) is 67.3 Å². The Hall–Kier alpha value is -3.83. The van der Waals surface area contributed by atoms with Crippen molar-refractivity contribution in [2.24, 2.45) is 0 Å². The Morgan fingerprint density at radius 3 is 2.48 bits per heavy atom. The van der Waals surface area contributed by atoms with Crippen molar-refractivity contribution in [1.82, 2.24) is 15.5 Å². The minimum absolute atomic E-state index is 0.0102. The number of anilines is 1. The standard InChI is InChI=1S/C31H42N4O7/c1-20(36)34-24-9-7-21-18-27(39-2)30(40-3)31(41-4)29(21)22-8-10-25(26(37)19-23(22)24)32-11-5-6-28(38)33-12-13-35-14-16-42-17-15-35/h8,10,18-19,24H,5-7,9,11-17H2,1-4H3,(H,32,37)(H,33,38)(H,34,36)/t24-/m0/s1. The van der Waals surface area contributed by atoms with E-state index in [1.165, 1.54) is 6.92 Å². The summed E-state index contributed by atoms with van der Waals surface area (Å²) >= 11 is 0. The molecule has 4 rings (SSSR count). The second-order valence-electron chi connectivity index (χ2n) is 10.4. The first-order chi connectivity index (χ1) is 20.4. The zero-order chi connectivity index (χ0) is 30.1. The zero-order valence-electron chi connectivity index (χ0n) is 25.0. The van der Waals surface area contributed by atoms with Gasteiger partial charge >= 0.3 is 0 Å². The van der Waals surface area contributed by atoms with Crippen LogP contribution in [-0.2, 0) is 20.7 Å². The van der Waals surface area contributed by atoms with Crippen LogP contribution in [0.4, 0.5) is 5.69 Å². The number of aryl methyl sites for hydroxylation is 1. The fourth-order valence-electron chi connectivity index (χ4n) is 5.59. The number of nitrogens with one attached hydrogen (secondary N) is 3. The normalized spacial score (nSPS) is 16.3. The van der Waals surface area contributed by atoms with E-state index in [4.69, 9.17) is 18.9 Å². The average molecular weight is 583 g/mol. The van der Waals surface area contributed by atoms with E-state index in [1.54, 1.807) is 33.5 Å². The van der Waals surface area contributed by atoms with Crippen LogP contribution < -0.4 is 35.6 Å². The number of methoxy groups -OCH3 is 3. The molecular formula is C31H42N4O7. The molecule has 2 aromatic carbocycles. The summed E-state index contributed by atoms with van der Waals surface area (Å²) in [6, 6.07) is 6.76. The van der Waals surface area contributed by atoms with E-state index >= 15 is 0 Å². The largest absolute Gasteiger partial charge is 0.493 e. The second kappa shape index (κ2) is 14.9. The summed E-state index contributed by atoms with van der Waals surface area (Å²) in [4.78, 5) is 40.1. The maximum Gasteiger partial charge on any atom is 0.220 e. The molecule has 0 radical (unpaired) electrons. The Labute approximate surface area is 246 Å².